The van der Waals surface area contributed by atoms with Crippen molar-refractivity contribution in [2.75, 3.05) is 4.90 Å². The minimum Gasteiger partial charge on any atom is -0.369 e. The number of aliphatic hydroxyl groups excluding tert-OH is 1. The maximum absolute atomic E-state index is 14.3. The SMILES string of the molecule is CC(C)c1cccc(C(C)C)c1N1C(=O)c2cc(Br)c3c4c(c(Br)cc(c24)C1O)Sc1ccc(Br)cc1-3. The van der Waals surface area contributed by atoms with Crippen LogP contribution in [-0.4, -0.2) is 11.0 Å². The zero-order chi connectivity index (χ0) is 26.3. The molecule has 0 bridgehead atoms. The van der Waals surface area contributed by atoms with Crippen molar-refractivity contribution in [2.24, 2.45) is 0 Å². The van der Waals surface area contributed by atoms with Crippen LogP contribution in [0.5, 0.6) is 0 Å². The van der Waals surface area contributed by atoms with Crippen molar-refractivity contribution in [3.8, 4) is 11.1 Å². The lowest BCUT2D eigenvalue weighted by Gasteiger charge is -2.38. The highest BCUT2D eigenvalue weighted by molar-refractivity contribution is 9.11. The summed E-state index contributed by atoms with van der Waals surface area (Å²) >= 11 is 13.0. The van der Waals surface area contributed by atoms with Crippen LogP contribution < -0.4 is 4.90 Å². The van der Waals surface area contributed by atoms with Gasteiger partial charge >= 0.3 is 0 Å². The van der Waals surface area contributed by atoms with Crippen LogP contribution in [0.1, 0.15) is 72.8 Å². The maximum Gasteiger partial charge on any atom is 0.261 e. The second-order valence-corrected chi connectivity index (χ2v) is 13.9. The highest BCUT2D eigenvalue weighted by Gasteiger charge is 2.40. The number of aliphatic hydroxyl groups is 1. The fourth-order valence-corrected chi connectivity index (χ4v) is 8.38. The minimum atomic E-state index is -1.11. The number of rotatable bonds is 3. The largest absolute Gasteiger partial charge is 0.369 e. The van der Waals surface area contributed by atoms with Crippen LogP contribution in [0.3, 0.4) is 0 Å². The summed E-state index contributed by atoms with van der Waals surface area (Å²) in [6, 6.07) is 16.4. The Morgan fingerprint density at radius 1 is 0.865 bits per heavy atom. The number of carbonyl (C=O) groups is 1. The molecule has 7 heteroatoms. The lowest BCUT2D eigenvalue weighted by Crippen LogP contribution is -2.40. The van der Waals surface area contributed by atoms with E-state index in [0.717, 1.165) is 67.5 Å². The number of para-hydroxylation sites is 1. The predicted molar refractivity (Wildman–Crippen MR) is 163 cm³/mol. The van der Waals surface area contributed by atoms with Gasteiger partial charge in [0.25, 0.3) is 5.91 Å². The van der Waals surface area contributed by atoms with E-state index in [1.165, 1.54) is 0 Å². The number of hydrogen-bond acceptors (Lipinski definition) is 3. The summed E-state index contributed by atoms with van der Waals surface area (Å²) in [7, 11) is 0. The van der Waals surface area contributed by atoms with Gasteiger partial charge in [-0.1, -0.05) is 89.5 Å². The molecule has 6 rings (SSSR count). The fourth-order valence-electron chi connectivity index (χ4n) is 5.60. The summed E-state index contributed by atoms with van der Waals surface area (Å²) < 4.78 is 2.77. The molecular weight excluding hydrogens is 678 g/mol. The number of halogens is 3. The van der Waals surface area contributed by atoms with E-state index in [0.29, 0.717) is 5.56 Å². The normalized spacial score (nSPS) is 16.2. The third-order valence-corrected chi connectivity index (χ3v) is 10.5. The number of amides is 1. The van der Waals surface area contributed by atoms with E-state index < -0.39 is 6.23 Å². The molecule has 0 spiro atoms. The predicted octanol–water partition coefficient (Wildman–Crippen LogP) is 10.2. The zero-order valence-electron chi connectivity index (χ0n) is 20.7. The van der Waals surface area contributed by atoms with Crippen molar-refractivity contribution >= 4 is 81.9 Å². The first-order valence-electron chi connectivity index (χ1n) is 12.2. The first-order valence-corrected chi connectivity index (χ1v) is 15.4. The molecule has 0 aliphatic carbocycles. The molecule has 1 amide bonds. The summed E-state index contributed by atoms with van der Waals surface area (Å²) in [6.07, 6.45) is -1.11. The van der Waals surface area contributed by atoms with Gasteiger partial charge in [0.05, 0.1) is 5.69 Å². The van der Waals surface area contributed by atoms with Gasteiger partial charge in [0, 0.05) is 50.7 Å². The van der Waals surface area contributed by atoms with Crippen LogP contribution in [0.15, 0.2) is 71.7 Å². The Bertz CT molecular complexity index is 1620. The molecular formula is C30H24Br3NO2S. The summed E-state index contributed by atoms with van der Waals surface area (Å²) in [5.74, 6) is 0.200. The molecule has 2 aliphatic rings. The molecule has 0 saturated heterocycles. The molecule has 3 nitrogen and oxygen atoms in total. The van der Waals surface area contributed by atoms with Gasteiger partial charge in [0.15, 0.2) is 6.23 Å². The average Bonchev–Trinajstić information content (AvgIpc) is 2.85. The quantitative estimate of drug-likeness (QED) is 0.204. The van der Waals surface area contributed by atoms with Gasteiger partial charge in [-0.15, -0.1) is 0 Å². The number of benzene rings is 4. The molecule has 4 aromatic carbocycles. The topological polar surface area (TPSA) is 40.5 Å². The lowest BCUT2D eigenvalue weighted by atomic mass is 9.86. The smallest absolute Gasteiger partial charge is 0.261 e. The van der Waals surface area contributed by atoms with Gasteiger partial charge in [-0.05, 0) is 74.8 Å². The molecule has 1 N–H and O–H groups in total. The van der Waals surface area contributed by atoms with Crippen LogP contribution in [0.25, 0.3) is 21.9 Å². The minimum absolute atomic E-state index is 0.180. The molecule has 188 valence electrons. The Balaban J connectivity index is 1.68. The maximum atomic E-state index is 14.3. The van der Waals surface area contributed by atoms with Crippen LogP contribution in [0.4, 0.5) is 5.69 Å². The molecule has 1 atom stereocenters. The molecule has 0 fully saturated rings. The van der Waals surface area contributed by atoms with E-state index in [1.807, 2.05) is 24.3 Å². The first kappa shape index (κ1) is 25.6. The Labute approximate surface area is 246 Å². The third kappa shape index (κ3) is 3.80. The Kier molecular flexibility index (Phi) is 6.39. The molecule has 37 heavy (non-hydrogen) atoms. The van der Waals surface area contributed by atoms with Crippen LogP contribution in [0, 0.1) is 0 Å². The summed E-state index contributed by atoms with van der Waals surface area (Å²) in [5.41, 5.74) is 6.42. The molecule has 0 radical (unpaired) electrons. The average molecular weight is 702 g/mol. The van der Waals surface area contributed by atoms with E-state index in [9.17, 15) is 9.90 Å². The zero-order valence-corrected chi connectivity index (χ0v) is 26.3. The molecule has 2 aliphatic heterocycles. The van der Waals surface area contributed by atoms with Crippen molar-refractivity contribution in [3.63, 3.8) is 0 Å². The summed E-state index contributed by atoms with van der Waals surface area (Å²) in [6.45, 7) is 8.51. The molecule has 0 aromatic heterocycles. The van der Waals surface area contributed by atoms with Gasteiger partial charge in [0.2, 0.25) is 0 Å². The highest BCUT2D eigenvalue weighted by Crippen LogP contribution is 2.57. The van der Waals surface area contributed by atoms with Crippen LogP contribution >= 0.6 is 59.6 Å². The fraction of sp³-hybridized carbons (Fsp3) is 0.233. The number of anilines is 1. The standard InChI is InChI=1S/C30H24Br3NO2S/c1-13(2)16-6-5-7-17(14(3)4)27(16)34-29(35)19-11-21(32)25-18-10-15(31)8-9-23(18)37-28-22(33)12-20(30(34)36)24(19)26(25)28/h5-14,30,36H,1-4H3. The van der Waals surface area contributed by atoms with E-state index in [4.69, 9.17) is 0 Å². The van der Waals surface area contributed by atoms with Gasteiger partial charge in [0.1, 0.15) is 0 Å². The van der Waals surface area contributed by atoms with Gasteiger partial charge in [-0.2, -0.15) is 0 Å². The van der Waals surface area contributed by atoms with Crippen molar-refractivity contribution in [1.29, 1.82) is 0 Å². The molecule has 0 saturated carbocycles. The van der Waals surface area contributed by atoms with E-state index in [2.05, 4.69) is 99.8 Å². The van der Waals surface area contributed by atoms with E-state index in [1.54, 1.807) is 16.7 Å². The van der Waals surface area contributed by atoms with E-state index >= 15 is 0 Å². The van der Waals surface area contributed by atoms with Crippen molar-refractivity contribution in [1.82, 2.24) is 0 Å². The highest BCUT2D eigenvalue weighted by atomic mass is 79.9. The number of carbonyl (C=O) groups excluding carboxylic acids is 1. The van der Waals surface area contributed by atoms with Gasteiger partial charge in [-0.3, -0.25) is 9.69 Å². The first-order chi connectivity index (χ1) is 17.6. The Hall–Kier alpha value is -1.64. The van der Waals surface area contributed by atoms with Crippen LogP contribution in [-0.2, 0) is 0 Å². The third-order valence-electron chi connectivity index (χ3n) is 7.27. The van der Waals surface area contributed by atoms with Gasteiger partial charge < -0.3 is 5.11 Å². The molecule has 2 heterocycles. The Morgan fingerprint density at radius 3 is 2.19 bits per heavy atom. The van der Waals surface area contributed by atoms with Crippen molar-refractivity contribution in [2.45, 2.75) is 55.5 Å². The van der Waals surface area contributed by atoms with E-state index in [-0.39, 0.29) is 17.7 Å². The molecule has 1 unspecified atom stereocenters. The summed E-state index contributed by atoms with van der Waals surface area (Å²) in [4.78, 5) is 18.2. The monoisotopic (exact) mass is 699 g/mol. The summed E-state index contributed by atoms with van der Waals surface area (Å²) in [5, 5.41) is 13.8. The lowest BCUT2D eigenvalue weighted by molar-refractivity contribution is 0.0877. The van der Waals surface area contributed by atoms with Gasteiger partial charge in [-0.25, -0.2) is 0 Å². The van der Waals surface area contributed by atoms with Crippen molar-refractivity contribution < 1.29 is 9.90 Å². The van der Waals surface area contributed by atoms with Crippen LogP contribution in [0.2, 0.25) is 0 Å². The molecule has 4 aromatic rings. The number of nitrogens with zero attached hydrogens (tertiary/aromatic N) is 1. The number of hydrogen-bond donors (Lipinski definition) is 1. The van der Waals surface area contributed by atoms with Crippen molar-refractivity contribution in [3.05, 3.63) is 84.2 Å². The number of fused-ring (bicyclic) bond motifs is 2. The Morgan fingerprint density at radius 2 is 1.54 bits per heavy atom. The second kappa shape index (κ2) is 9.23. The second-order valence-electron chi connectivity index (χ2n) is 10.2.